The van der Waals surface area contributed by atoms with Gasteiger partial charge in [-0.25, -0.2) is 0 Å². The van der Waals surface area contributed by atoms with Gasteiger partial charge in [0.2, 0.25) is 0 Å². The second-order valence-electron chi connectivity index (χ2n) is 5.31. The third kappa shape index (κ3) is 5.80. The Morgan fingerprint density at radius 2 is 2.05 bits per heavy atom. The van der Waals surface area contributed by atoms with Crippen molar-refractivity contribution in [3.8, 4) is 0 Å². The van der Waals surface area contributed by atoms with Crippen LogP contribution in [0.5, 0.6) is 0 Å². The van der Waals surface area contributed by atoms with Crippen molar-refractivity contribution in [3.63, 3.8) is 0 Å². The molecular weight excluding hydrogens is 274 g/mol. The number of carbonyl (C=O) groups excluding carboxylic acids is 1. The van der Waals surface area contributed by atoms with Gasteiger partial charge >= 0.3 is 0 Å². The van der Waals surface area contributed by atoms with Gasteiger partial charge in [-0.3, -0.25) is 4.79 Å². The smallest absolute Gasteiger partial charge is 0.251 e. The molecule has 0 heterocycles. The van der Waals surface area contributed by atoms with Crippen LogP contribution in [0.15, 0.2) is 18.2 Å². The molecule has 0 aromatic heterocycles. The van der Waals surface area contributed by atoms with Crippen LogP contribution >= 0.6 is 11.6 Å². The average molecular weight is 298 g/mol. The number of carbonyl (C=O) groups is 1. The Labute approximate surface area is 126 Å². The monoisotopic (exact) mass is 297 g/mol. The predicted octanol–water partition coefficient (Wildman–Crippen LogP) is 2.77. The molecule has 0 saturated carbocycles. The molecule has 0 fully saturated rings. The van der Waals surface area contributed by atoms with Crippen LogP contribution in [0.1, 0.15) is 37.0 Å². The Morgan fingerprint density at radius 3 is 2.65 bits per heavy atom. The number of amides is 1. The molecule has 0 bridgehead atoms. The molecule has 1 aromatic rings. The third-order valence-corrected chi connectivity index (χ3v) is 3.51. The number of rotatable bonds is 7. The highest BCUT2D eigenvalue weighted by atomic mass is 35.5. The number of benzene rings is 1. The van der Waals surface area contributed by atoms with Crippen LogP contribution in [-0.2, 0) is 0 Å². The van der Waals surface area contributed by atoms with Crippen LogP contribution in [0.4, 0.5) is 5.69 Å². The van der Waals surface area contributed by atoms with E-state index in [-0.39, 0.29) is 5.91 Å². The molecule has 0 unspecified atom stereocenters. The van der Waals surface area contributed by atoms with Crippen molar-refractivity contribution < 1.29 is 4.79 Å². The first-order valence-electron chi connectivity index (χ1n) is 6.94. The summed E-state index contributed by atoms with van der Waals surface area (Å²) in [6.45, 7) is 6.05. The zero-order valence-electron chi connectivity index (χ0n) is 12.4. The van der Waals surface area contributed by atoms with Gasteiger partial charge in [-0.15, -0.1) is 0 Å². The van der Waals surface area contributed by atoms with Crippen LogP contribution in [0.3, 0.4) is 0 Å². The molecule has 0 atom stereocenters. The summed E-state index contributed by atoms with van der Waals surface area (Å²) < 4.78 is 0. The zero-order chi connectivity index (χ0) is 15.1. The largest absolute Gasteiger partial charge is 0.399 e. The molecule has 3 N–H and O–H groups in total. The van der Waals surface area contributed by atoms with E-state index < -0.39 is 0 Å². The Morgan fingerprint density at radius 1 is 1.35 bits per heavy atom. The summed E-state index contributed by atoms with van der Waals surface area (Å²) >= 11 is 5.88. The molecule has 20 heavy (non-hydrogen) atoms. The molecule has 0 spiro atoms. The topological polar surface area (TPSA) is 58.4 Å². The van der Waals surface area contributed by atoms with Crippen molar-refractivity contribution in [2.45, 2.75) is 32.7 Å². The van der Waals surface area contributed by atoms with Crippen molar-refractivity contribution in [3.05, 3.63) is 28.8 Å². The highest BCUT2D eigenvalue weighted by Gasteiger charge is 2.07. The van der Waals surface area contributed by atoms with Crippen LogP contribution in [0.2, 0.25) is 5.02 Å². The molecule has 112 valence electrons. The summed E-state index contributed by atoms with van der Waals surface area (Å²) in [5.74, 6) is -0.128. The summed E-state index contributed by atoms with van der Waals surface area (Å²) in [5, 5.41) is 3.36. The van der Waals surface area contributed by atoms with E-state index in [0.717, 1.165) is 19.4 Å². The second-order valence-corrected chi connectivity index (χ2v) is 5.75. The summed E-state index contributed by atoms with van der Waals surface area (Å²) in [5.41, 5.74) is 6.67. The minimum absolute atomic E-state index is 0.128. The lowest BCUT2D eigenvalue weighted by molar-refractivity contribution is 0.0952. The Kier molecular flexibility index (Phi) is 6.82. The molecule has 0 aliphatic carbocycles. The zero-order valence-corrected chi connectivity index (χ0v) is 13.2. The second kappa shape index (κ2) is 8.12. The fourth-order valence-corrected chi connectivity index (χ4v) is 2.04. The summed E-state index contributed by atoms with van der Waals surface area (Å²) in [4.78, 5) is 14.2. The lowest BCUT2D eigenvalue weighted by Gasteiger charge is -2.20. The van der Waals surface area contributed by atoms with Gasteiger partial charge in [0.25, 0.3) is 5.91 Å². The fourth-order valence-electron chi connectivity index (χ4n) is 1.79. The maximum atomic E-state index is 11.9. The maximum Gasteiger partial charge on any atom is 0.251 e. The van der Waals surface area contributed by atoms with Crippen LogP contribution in [-0.4, -0.2) is 37.0 Å². The third-order valence-electron chi connectivity index (χ3n) is 3.29. The van der Waals surface area contributed by atoms with E-state index in [1.54, 1.807) is 18.2 Å². The van der Waals surface area contributed by atoms with E-state index in [4.69, 9.17) is 17.3 Å². The standard InChI is InChI=1S/C15H24ClN3O/c1-11(2)19(3)7-5-4-6-18-15(20)12-8-13(16)10-14(17)9-12/h8-11H,4-7,17H2,1-3H3,(H,18,20). The van der Waals surface area contributed by atoms with E-state index in [1.807, 2.05) is 0 Å². The number of nitrogens with two attached hydrogens (primary N) is 1. The number of anilines is 1. The van der Waals surface area contributed by atoms with Gasteiger partial charge in [0, 0.05) is 28.9 Å². The van der Waals surface area contributed by atoms with Gasteiger partial charge in [-0.05, 0) is 58.5 Å². The normalized spacial score (nSPS) is 11.1. The molecular formula is C15H24ClN3O. The van der Waals surface area contributed by atoms with Gasteiger partial charge in [0.1, 0.15) is 0 Å². The van der Waals surface area contributed by atoms with Crippen LogP contribution in [0, 0.1) is 0 Å². The number of unbranched alkanes of at least 4 members (excludes halogenated alkanes) is 1. The van der Waals surface area contributed by atoms with E-state index in [1.165, 1.54) is 0 Å². The molecule has 0 saturated heterocycles. The molecule has 0 aliphatic rings. The highest BCUT2D eigenvalue weighted by molar-refractivity contribution is 6.31. The molecule has 1 amide bonds. The van der Waals surface area contributed by atoms with E-state index in [0.29, 0.717) is 28.9 Å². The van der Waals surface area contributed by atoms with Crippen molar-refractivity contribution >= 4 is 23.2 Å². The lowest BCUT2D eigenvalue weighted by atomic mass is 10.2. The SMILES string of the molecule is CC(C)N(C)CCCCNC(=O)c1cc(N)cc(Cl)c1. The Hall–Kier alpha value is -1.26. The number of hydrogen-bond donors (Lipinski definition) is 2. The van der Waals surface area contributed by atoms with E-state index in [2.05, 4.69) is 31.1 Å². The lowest BCUT2D eigenvalue weighted by Crippen LogP contribution is -2.29. The number of nitrogen functional groups attached to an aromatic ring is 1. The molecule has 1 aromatic carbocycles. The van der Waals surface area contributed by atoms with Gasteiger partial charge in [0.05, 0.1) is 0 Å². The fraction of sp³-hybridized carbons (Fsp3) is 0.533. The first-order chi connectivity index (χ1) is 9.40. The molecule has 0 radical (unpaired) electrons. The maximum absolute atomic E-state index is 11.9. The Bertz CT molecular complexity index is 428. The quantitative estimate of drug-likeness (QED) is 0.601. The van der Waals surface area contributed by atoms with Crippen molar-refractivity contribution in [1.29, 1.82) is 0 Å². The minimum atomic E-state index is -0.128. The Balaban J connectivity index is 2.30. The highest BCUT2D eigenvalue weighted by Crippen LogP contribution is 2.16. The first-order valence-corrected chi connectivity index (χ1v) is 7.32. The molecule has 4 nitrogen and oxygen atoms in total. The van der Waals surface area contributed by atoms with Crippen molar-refractivity contribution in [2.75, 3.05) is 25.9 Å². The van der Waals surface area contributed by atoms with E-state index in [9.17, 15) is 4.79 Å². The molecule has 5 heteroatoms. The number of halogens is 1. The molecule has 0 aliphatic heterocycles. The van der Waals surface area contributed by atoms with Gasteiger partial charge in [-0.1, -0.05) is 11.6 Å². The summed E-state index contributed by atoms with van der Waals surface area (Å²) in [6.07, 6.45) is 2.02. The van der Waals surface area contributed by atoms with Gasteiger partial charge < -0.3 is 16.0 Å². The molecule has 1 rings (SSSR count). The van der Waals surface area contributed by atoms with Crippen molar-refractivity contribution in [2.24, 2.45) is 0 Å². The summed E-state index contributed by atoms with van der Waals surface area (Å²) in [6, 6.07) is 5.44. The first kappa shape index (κ1) is 16.8. The van der Waals surface area contributed by atoms with Gasteiger partial charge in [0.15, 0.2) is 0 Å². The predicted molar refractivity (Wildman–Crippen MR) is 85.2 cm³/mol. The number of hydrogen-bond acceptors (Lipinski definition) is 3. The summed E-state index contributed by atoms with van der Waals surface area (Å²) in [7, 11) is 2.11. The number of nitrogens with one attached hydrogen (secondary N) is 1. The van der Waals surface area contributed by atoms with Crippen molar-refractivity contribution in [1.82, 2.24) is 10.2 Å². The minimum Gasteiger partial charge on any atom is -0.399 e. The number of nitrogens with zero attached hydrogens (tertiary/aromatic N) is 1. The van der Waals surface area contributed by atoms with Crippen LogP contribution < -0.4 is 11.1 Å². The van der Waals surface area contributed by atoms with Gasteiger partial charge in [-0.2, -0.15) is 0 Å². The average Bonchev–Trinajstić information content (AvgIpc) is 2.36. The van der Waals surface area contributed by atoms with Crippen LogP contribution in [0.25, 0.3) is 0 Å². The van der Waals surface area contributed by atoms with E-state index >= 15 is 0 Å².